The van der Waals surface area contributed by atoms with Gasteiger partial charge in [0.2, 0.25) is 0 Å². The SMILES string of the molecule is CCC[C@H](O)[C@H](C)c1ccccc1. The molecule has 0 aliphatic carbocycles. The molecule has 72 valence electrons. The Kier molecular flexibility index (Phi) is 3.97. The molecule has 0 bridgehead atoms. The summed E-state index contributed by atoms with van der Waals surface area (Å²) in [6.07, 6.45) is 1.72. The number of hydrogen-bond donors (Lipinski definition) is 1. The molecule has 1 aromatic rings. The van der Waals surface area contributed by atoms with Crippen LogP contribution in [0, 0.1) is 0 Å². The Hall–Kier alpha value is -0.820. The highest BCUT2D eigenvalue weighted by atomic mass is 16.3. The standard InChI is InChI=1S/C12H18O/c1-3-7-12(13)10(2)11-8-5-4-6-9-11/h4-6,8-10,12-13H,3,7H2,1-2H3/t10-,12+/m1/s1. The van der Waals surface area contributed by atoms with E-state index in [1.807, 2.05) is 18.2 Å². The molecule has 0 fully saturated rings. The van der Waals surface area contributed by atoms with Crippen LogP contribution in [-0.2, 0) is 0 Å². The highest BCUT2D eigenvalue weighted by Crippen LogP contribution is 2.21. The second-order valence-corrected chi connectivity index (χ2v) is 3.56. The molecule has 0 aromatic heterocycles. The molecule has 0 heterocycles. The molecule has 1 nitrogen and oxygen atoms in total. The number of benzene rings is 1. The number of rotatable bonds is 4. The van der Waals surface area contributed by atoms with Crippen molar-refractivity contribution in [1.82, 2.24) is 0 Å². The zero-order valence-electron chi connectivity index (χ0n) is 8.40. The molecule has 13 heavy (non-hydrogen) atoms. The van der Waals surface area contributed by atoms with Crippen LogP contribution >= 0.6 is 0 Å². The van der Waals surface area contributed by atoms with Crippen molar-refractivity contribution in [2.45, 2.75) is 38.7 Å². The second-order valence-electron chi connectivity index (χ2n) is 3.56. The molecule has 1 rings (SSSR count). The number of aliphatic hydroxyl groups is 1. The molecule has 1 aromatic carbocycles. The van der Waals surface area contributed by atoms with E-state index in [2.05, 4.69) is 26.0 Å². The predicted octanol–water partition coefficient (Wildman–Crippen LogP) is 2.95. The van der Waals surface area contributed by atoms with Gasteiger partial charge in [-0.05, 0) is 12.0 Å². The summed E-state index contributed by atoms with van der Waals surface area (Å²) in [6.45, 7) is 4.18. The van der Waals surface area contributed by atoms with E-state index in [1.54, 1.807) is 0 Å². The predicted molar refractivity (Wildman–Crippen MR) is 55.8 cm³/mol. The second kappa shape index (κ2) is 5.03. The summed E-state index contributed by atoms with van der Waals surface area (Å²) < 4.78 is 0. The summed E-state index contributed by atoms with van der Waals surface area (Å²) in [4.78, 5) is 0. The number of hydrogen-bond acceptors (Lipinski definition) is 1. The molecule has 0 aliphatic heterocycles. The Labute approximate surface area is 80.4 Å². The Morgan fingerprint density at radius 3 is 2.38 bits per heavy atom. The van der Waals surface area contributed by atoms with Crippen LogP contribution in [0.2, 0.25) is 0 Å². The quantitative estimate of drug-likeness (QED) is 0.751. The van der Waals surface area contributed by atoms with E-state index in [-0.39, 0.29) is 12.0 Å². The lowest BCUT2D eigenvalue weighted by Crippen LogP contribution is -2.15. The molecule has 0 saturated carbocycles. The van der Waals surface area contributed by atoms with Gasteiger partial charge in [0.15, 0.2) is 0 Å². The fourth-order valence-corrected chi connectivity index (χ4v) is 1.52. The lowest BCUT2D eigenvalue weighted by Gasteiger charge is -2.18. The fourth-order valence-electron chi connectivity index (χ4n) is 1.52. The molecule has 0 aliphatic rings. The van der Waals surface area contributed by atoms with Gasteiger partial charge in [-0.2, -0.15) is 0 Å². The summed E-state index contributed by atoms with van der Waals surface area (Å²) in [5.41, 5.74) is 1.23. The van der Waals surface area contributed by atoms with Crippen LogP contribution in [0.3, 0.4) is 0 Å². The van der Waals surface area contributed by atoms with Gasteiger partial charge in [0.05, 0.1) is 6.10 Å². The maximum Gasteiger partial charge on any atom is 0.0606 e. The minimum atomic E-state index is -0.201. The zero-order chi connectivity index (χ0) is 9.68. The Morgan fingerprint density at radius 2 is 1.85 bits per heavy atom. The van der Waals surface area contributed by atoms with Gasteiger partial charge < -0.3 is 5.11 Å². The Bertz CT molecular complexity index is 230. The van der Waals surface area contributed by atoms with Crippen molar-refractivity contribution in [3.63, 3.8) is 0 Å². The largest absolute Gasteiger partial charge is 0.393 e. The molecule has 0 saturated heterocycles. The van der Waals surface area contributed by atoms with Crippen LogP contribution in [0.25, 0.3) is 0 Å². The van der Waals surface area contributed by atoms with Crippen LogP contribution in [0.1, 0.15) is 38.2 Å². The van der Waals surface area contributed by atoms with E-state index >= 15 is 0 Å². The molecule has 2 atom stereocenters. The van der Waals surface area contributed by atoms with Gasteiger partial charge in [-0.1, -0.05) is 50.6 Å². The number of aliphatic hydroxyl groups excluding tert-OH is 1. The summed E-state index contributed by atoms with van der Waals surface area (Å²) in [6, 6.07) is 10.2. The monoisotopic (exact) mass is 178 g/mol. The minimum Gasteiger partial charge on any atom is -0.393 e. The van der Waals surface area contributed by atoms with Crippen molar-refractivity contribution in [3.05, 3.63) is 35.9 Å². The summed E-state index contributed by atoms with van der Waals surface area (Å²) in [7, 11) is 0. The van der Waals surface area contributed by atoms with E-state index in [1.165, 1.54) is 5.56 Å². The third-order valence-electron chi connectivity index (χ3n) is 2.49. The van der Waals surface area contributed by atoms with Gasteiger partial charge in [0.1, 0.15) is 0 Å². The van der Waals surface area contributed by atoms with E-state index in [0.717, 1.165) is 12.8 Å². The highest BCUT2D eigenvalue weighted by molar-refractivity contribution is 5.19. The first-order valence-electron chi connectivity index (χ1n) is 4.98. The molecule has 0 amide bonds. The van der Waals surface area contributed by atoms with Gasteiger partial charge in [0, 0.05) is 5.92 Å². The summed E-state index contributed by atoms with van der Waals surface area (Å²) >= 11 is 0. The van der Waals surface area contributed by atoms with Crippen LogP contribution in [0.4, 0.5) is 0 Å². The van der Waals surface area contributed by atoms with Crippen molar-refractivity contribution in [2.24, 2.45) is 0 Å². The first-order valence-corrected chi connectivity index (χ1v) is 4.98. The summed E-state index contributed by atoms with van der Waals surface area (Å²) in [5.74, 6) is 0.251. The van der Waals surface area contributed by atoms with Gasteiger partial charge in [-0.15, -0.1) is 0 Å². The van der Waals surface area contributed by atoms with Crippen molar-refractivity contribution < 1.29 is 5.11 Å². The van der Waals surface area contributed by atoms with Gasteiger partial charge in [-0.25, -0.2) is 0 Å². The van der Waals surface area contributed by atoms with Crippen molar-refractivity contribution in [1.29, 1.82) is 0 Å². The van der Waals surface area contributed by atoms with Crippen LogP contribution in [0.15, 0.2) is 30.3 Å². The van der Waals surface area contributed by atoms with Crippen molar-refractivity contribution in [2.75, 3.05) is 0 Å². The maximum atomic E-state index is 9.77. The van der Waals surface area contributed by atoms with Gasteiger partial charge in [-0.3, -0.25) is 0 Å². The molecule has 0 unspecified atom stereocenters. The average molecular weight is 178 g/mol. The van der Waals surface area contributed by atoms with E-state index in [9.17, 15) is 5.11 Å². The molecule has 0 radical (unpaired) electrons. The first kappa shape index (κ1) is 10.3. The lowest BCUT2D eigenvalue weighted by atomic mass is 9.93. The molecular weight excluding hydrogens is 160 g/mol. The molecular formula is C12H18O. The first-order chi connectivity index (χ1) is 6.25. The average Bonchev–Trinajstić information content (AvgIpc) is 2.18. The van der Waals surface area contributed by atoms with Crippen molar-refractivity contribution >= 4 is 0 Å². The van der Waals surface area contributed by atoms with Gasteiger partial charge in [0.25, 0.3) is 0 Å². The topological polar surface area (TPSA) is 20.2 Å². The van der Waals surface area contributed by atoms with Crippen LogP contribution in [0.5, 0.6) is 0 Å². The smallest absolute Gasteiger partial charge is 0.0606 e. The molecule has 1 N–H and O–H groups in total. The lowest BCUT2D eigenvalue weighted by molar-refractivity contribution is 0.139. The van der Waals surface area contributed by atoms with Crippen molar-refractivity contribution in [3.8, 4) is 0 Å². The van der Waals surface area contributed by atoms with Gasteiger partial charge >= 0.3 is 0 Å². The molecule has 1 heteroatoms. The normalized spacial score (nSPS) is 15.3. The highest BCUT2D eigenvalue weighted by Gasteiger charge is 2.14. The third kappa shape index (κ3) is 2.85. The summed E-state index contributed by atoms with van der Waals surface area (Å²) in [5, 5.41) is 9.77. The third-order valence-corrected chi connectivity index (χ3v) is 2.49. The fraction of sp³-hybridized carbons (Fsp3) is 0.500. The van der Waals surface area contributed by atoms with Crippen LogP contribution in [-0.4, -0.2) is 11.2 Å². The zero-order valence-corrected chi connectivity index (χ0v) is 8.40. The van der Waals surface area contributed by atoms with Crippen LogP contribution < -0.4 is 0 Å². The van der Waals surface area contributed by atoms with E-state index < -0.39 is 0 Å². The Balaban J connectivity index is 2.62. The van der Waals surface area contributed by atoms with E-state index in [0.29, 0.717) is 0 Å². The Morgan fingerprint density at radius 1 is 1.23 bits per heavy atom. The maximum absolute atomic E-state index is 9.77. The molecule has 0 spiro atoms. The van der Waals surface area contributed by atoms with E-state index in [4.69, 9.17) is 0 Å². The minimum absolute atomic E-state index is 0.201.